The number of nitrogens with two attached hydrogens (primary N) is 1. The summed E-state index contributed by atoms with van der Waals surface area (Å²) >= 11 is 0. The van der Waals surface area contributed by atoms with E-state index in [0.29, 0.717) is 23.2 Å². The number of benzene rings is 3. The summed E-state index contributed by atoms with van der Waals surface area (Å²) in [7, 11) is 0. The van der Waals surface area contributed by atoms with Crippen LogP contribution in [0.25, 0.3) is 11.1 Å². The molecule has 3 heterocycles. The first kappa shape index (κ1) is 25.3. The SMILES string of the molecule is Cc1ccc2c(c1)C(=O)N(CC1(c3ccc(-c4ccc(C5(CN)NC(=O)NC5=O)cc4)cc3)NC(=O)NC1=O)C2. The van der Waals surface area contributed by atoms with Gasteiger partial charge in [0.2, 0.25) is 0 Å². The lowest BCUT2D eigenvalue weighted by Crippen LogP contribution is -2.52. The molecule has 2 saturated heterocycles. The number of carbonyl (C=O) groups excluding carboxylic acids is 5. The number of hydrogen-bond acceptors (Lipinski definition) is 6. The van der Waals surface area contributed by atoms with Crippen LogP contribution >= 0.6 is 0 Å². The summed E-state index contributed by atoms with van der Waals surface area (Å²) in [5, 5.41) is 9.91. The molecule has 40 heavy (non-hydrogen) atoms. The zero-order valence-corrected chi connectivity index (χ0v) is 21.5. The Morgan fingerprint density at radius 2 is 1.27 bits per heavy atom. The minimum atomic E-state index is -1.45. The third kappa shape index (κ3) is 3.82. The molecular weight excluding hydrogens is 512 g/mol. The van der Waals surface area contributed by atoms with Gasteiger partial charge in [0.25, 0.3) is 17.7 Å². The second-order valence-corrected chi connectivity index (χ2v) is 10.3. The molecule has 6 N–H and O–H groups in total. The number of aryl methyl sites for hydroxylation is 1. The van der Waals surface area contributed by atoms with E-state index in [-0.39, 0.29) is 19.0 Å². The van der Waals surface area contributed by atoms with Crippen molar-refractivity contribution < 1.29 is 24.0 Å². The minimum Gasteiger partial charge on any atom is -0.331 e. The molecule has 0 aliphatic carbocycles. The highest BCUT2D eigenvalue weighted by Gasteiger charge is 2.50. The molecule has 3 aromatic carbocycles. The van der Waals surface area contributed by atoms with Crippen LogP contribution in [0.15, 0.2) is 66.7 Å². The molecule has 0 aromatic heterocycles. The van der Waals surface area contributed by atoms with Crippen LogP contribution in [0, 0.1) is 6.92 Å². The second-order valence-electron chi connectivity index (χ2n) is 10.3. The van der Waals surface area contributed by atoms with Gasteiger partial charge < -0.3 is 21.3 Å². The molecule has 2 fully saturated rings. The number of nitrogens with one attached hydrogen (secondary N) is 4. The summed E-state index contributed by atoms with van der Waals surface area (Å²) < 4.78 is 0. The van der Waals surface area contributed by atoms with Crippen molar-refractivity contribution in [3.05, 3.63) is 94.5 Å². The first-order chi connectivity index (χ1) is 19.1. The Labute approximate surface area is 229 Å². The van der Waals surface area contributed by atoms with Crippen LogP contribution in [0.3, 0.4) is 0 Å². The molecule has 6 rings (SSSR count). The van der Waals surface area contributed by atoms with Gasteiger partial charge in [0.15, 0.2) is 11.1 Å². The van der Waals surface area contributed by atoms with Crippen molar-refractivity contribution in [1.29, 1.82) is 0 Å². The van der Waals surface area contributed by atoms with E-state index in [0.717, 1.165) is 22.3 Å². The summed E-state index contributed by atoms with van der Waals surface area (Å²) in [4.78, 5) is 64.3. The van der Waals surface area contributed by atoms with E-state index in [4.69, 9.17) is 5.73 Å². The highest BCUT2D eigenvalue weighted by Crippen LogP contribution is 2.33. The fourth-order valence-corrected chi connectivity index (χ4v) is 5.64. The number of nitrogens with zero attached hydrogens (tertiary/aromatic N) is 1. The van der Waals surface area contributed by atoms with Crippen molar-refractivity contribution in [3.8, 4) is 11.1 Å². The molecule has 7 amide bonds. The van der Waals surface area contributed by atoms with E-state index in [1.807, 2.05) is 37.3 Å². The molecule has 0 radical (unpaired) electrons. The molecule has 3 aliphatic heterocycles. The number of amides is 7. The second kappa shape index (κ2) is 9.02. The summed E-state index contributed by atoms with van der Waals surface area (Å²) in [6.45, 7) is 2.13. The number of imide groups is 2. The van der Waals surface area contributed by atoms with Crippen molar-refractivity contribution in [2.75, 3.05) is 13.1 Å². The van der Waals surface area contributed by atoms with Crippen molar-refractivity contribution in [2.24, 2.45) is 5.73 Å². The van der Waals surface area contributed by atoms with Crippen LogP contribution < -0.4 is 27.0 Å². The van der Waals surface area contributed by atoms with Gasteiger partial charge in [-0.05, 0) is 40.8 Å². The number of urea groups is 2. The topological polar surface area (TPSA) is 163 Å². The van der Waals surface area contributed by atoms with E-state index in [1.165, 1.54) is 0 Å². The number of carbonyl (C=O) groups is 5. The van der Waals surface area contributed by atoms with E-state index < -0.39 is 35.0 Å². The summed E-state index contributed by atoms with van der Waals surface area (Å²) in [5.41, 5.74) is 8.23. The summed E-state index contributed by atoms with van der Waals surface area (Å²) in [6.07, 6.45) is 0. The average Bonchev–Trinajstić information content (AvgIpc) is 3.53. The molecule has 0 bridgehead atoms. The van der Waals surface area contributed by atoms with Crippen molar-refractivity contribution in [3.63, 3.8) is 0 Å². The van der Waals surface area contributed by atoms with E-state index >= 15 is 0 Å². The number of rotatable bonds is 6. The van der Waals surface area contributed by atoms with Crippen molar-refractivity contribution in [2.45, 2.75) is 24.5 Å². The Balaban J connectivity index is 1.28. The van der Waals surface area contributed by atoms with Gasteiger partial charge >= 0.3 is 12.1 Å². The normalized spacial score (nSPS) is 23.6. The molecule has 11 nitrogen and oxygen atoms in total. The van der Waals surface area contributed by atoms with Crippen LogP contribution in [-0.2, 0) is 27.2 Å². The lowest BCUT2D eigenvalue weighted by molar-refractivity contribution is -0.125. The lowest BCUT2D eigenvalue weighted by atomic mass is 9.87. The molecule has 0 saturated carbocycles. The van der Waals surface area contributed by atoms with Gasteiger partial charge in [0, 0.05) is 18.7 Å². The van der Waals surface area contributed by atoms with Gasteiger partial charge in [-0.15, -0.1) is 0 Å². The molecule has 11 heteroatoms. The summed E-state index contributed by atoms with van der Waals surface area (Å²) in [6, 6.07) is 18.7. The van der Waals surface area contributed by atoms with Crippen LogP contribution in [0.2, 0.25) is 0 Å². The van der Waals surface area contributed by atoms with Gasteiger partial charge in [-0.3, -0.25) is 25.0 Å². The third-order valence-electron chi connectivity index (χ3n) is 7.85. The Morgan fingerprint density at radius 1 is 0.750 bits per heavy atom. The predicted octanol–water partition coefficient (Wildman–Crippen LogP) is 1.35. The van der Waals surface area contributed by atoms with Crippen LogP contribution in [0.1, 0.15) is 32.6 Å². The molecule has 2 unspecified atom stereocenters. The fourth-order valence-electron chi connectivity index (χ4n) is 5.64. The lowest BCUT2D eigenvalue weighted by Gasteiger charge is -2.31. The maximum Gasteiger partial charge on any atom is 0.322 e. The Bertz CT molecular complexity index is 1600. The first-order valence-electron chi connectivity index (χ1n) is 12.7. The molecular formula is C29H26N6O5. The van der Waals surface area contributed by atoms with Crippen molar-refractivity contribution in [1.82, 2.24) is 26.2 Å². The first-order valence-corrected chi connectivity index (χ1v) is 12.7. The monoisotopic (exact) mass is 538 g/mol. The smallest absolute Gasteiger partial charge is 0.322 e. The van der Waals surface area contributed by atoms with Crippen LogP contribution in [-0.4, -0.2) is 47.8 Å². The van der Waals surface area contributed by atoms with E-state index in [1.54, 1.807) is 41.3 Å². The van der Waals surface area contributed by atoms with E-state index in [2.05, 4.69) is 21.3 Å². The standard InChI is InChI=1S/C29H26N6O5/c1-16-2-3-19-13-35(23(36)22(19)12-16)15-29(25(38)32-27(40)34-29)21-10-6-18(7-11-21)17-4-8-20(9-5-17)28(14-30)24(37)31-26(39)33-28/h2-12H,13-15,30H2,1H3,(H2,31,33,37,39)(H2,32,34,38,40). The maximum absolute atomic E-state index is 13.2. The highest BCUT2D eigenvalue weighted by molar-refractivity contribution is 6.09. The van der Waals surface area contributed by atoms with E-state index in [9.17, 15) is 24.0 Å². The van der Waals surface area contributed by atoms with Gasteiger partial charge in [-0.1, -0.05) is 66.2 Å². The van der Waals surface area contributed by atoms with Gasteiger partial charge in [0.05, 0.1) is 6.54 Å². The molecule has 3 aliphatic rings. The van der Waals surface area contributed by atoms with Crippen LogP contribution in [0.5, 0.6) is 0 Å². The zero-order valence-electron chi connectivity index (χ0n) is 21.5. The molecule has 0 spiro atoms. The highest BCUT2D eigenvalue weighted by atomic mass is 16.2. The quantitative estimate of drug-likeness (QED) is 0.298. The minimum absolute atomic E-state index is 0.0276. The fraction of sp³-hybridized carbons (Fsp3) is 0.207. The molecule has 202 valence electrons. The van der Waals surface area contributed by atoms with Crippen molar-refractivity contribution >= 4 is 29.8 Å². The Kier molecular flexibility index (Phi) is 5.70. The zero-order chi connectivity index (χ0) is 28.2. The Morgan fingerprint density at radius 3 is 1.77 bits per heavy atom. The summed E-state index contributed by atoms with van der Waals surface area (Å²) in [5.74, 6) is -1.22. The van der Waals surface area contributed by atoms with Gasteiger partial charge in [-0.2, -0.15) is 0 Å². The number of hydrogen-bond donors (Lipinski definition) is 5. The maximum atomic E-state index is 13.2. The van der Waals surface area contributed by atoms with Gasteiger partial charge in [0.1, 0.15) is 0 Å². The molecule has 2 atom stereocenters. The number of fused-ring (bicyclic) bond motifs is 1. The largest absolute Gasteiger partial charge is 0.331 e. The average molecular weight is 539 g/mol. The third-order valence-corrected chi connectivity index (χ3v) is 7.85. The Hall–Kier alpha value is -5.03. The predicted molar refractivity (Wildman–Crippen MR) is 144 cm³/mol. The molecule has 3 aromatic rings. The van der Waals surface area contributed by atoms with Crippen LogP contribution in [0.4, 0.5) is 9.59 Å². The van der Waals surface area contributed by atoms with Gasteiger partial charge in [-0.25, -0.2) is 9.59 Å².